The van der Waals surface area contributed by atoms with Gasteiger partial charge in [-0.25, -0.2) is 9.97 Å². The number of aromatic nitrogens is 2. The van der Waals surface area contributed by atoms with Gasteiger partial charge in [-0.15, -0.1) is 0 Å². The van der Waals surface area contributed by atoms with Gasteiger partial charge in [0.2, 0.25) is 0 Å². The third-order valence-electron chi connectivity index (χ3n) is 4.80. The van der Waals surface area contributed by atoms with Crippen LogP contribution in [0.1, 0.15) is 5.56 Å². The minimum atomic E-state index is -4.43. The van der Waals surface area contributed by atoms with Crippen molar-refractivity contribution in [3.8, 4) is 11.5 Å². The number of morpholine rings is 1. The quantitative estimate of drug-likeness (QED) is 0.612. The molecule has 2 N–H and O–H groups in total. The molecule has 0 spiro atoms. The monoisotopic (exact) mass is 434 g/mol. The molecule has 1 aliphatic heterocycles. The van der Waals surface area contributed by atoms with E-state index in [4.69, 9.17) is 14.2 Å². The Morgan fingerprint density at radius 3 is 2.81 bits per heavy atom. The molecular formula is C21H21F3N4O3. The van der Waals surface area contributed by atoms with Gasteiger partial charge in [-0.05, 0) is 24.3 Å². The SMILES string of the molecule is COc1cc2ncnc(Nc3cccc(C(F)(F)F)c3)c2cc1OCC1CNCCO1. The van der Waals surface area contributed by atoms with Gasteiger partial charge in [0.25, 0.3) is 0 Å². The molecule has 1 unspecified atom stereocenters. The lowest BCUT2D eigenvalue weighted by Crippen LogP contribution is -2.41. The largest absolute Gasteiger partial charge is 0.493 e. The zero-order valence-corrected chi connectivity index (χ0v) is 16.7. The number of alkyl halides is 3. The summed E-state index contributed by atoms with van der Waals surface area (Å²) in [5.74, 6) is 1.30. The van der Waals surface area contributed by atoms with E-state index in [2.05, 4.69) is 20.6 Å². The highest BCUT2D eigenvalue weighted by Crippen LogP contribution is 2.36. The first-order valence-corrected chi connectivity index (χ1v) is 9.66. The Labute approximate surface area is 176 Å². The molecule has 4 rings (SSSR count). The van der Waals surface area contributed by atoms with E-state index in [0.29, 0.717) is 48.0 Å². The molecule has 10 heteroatoms. The lowest BCUT2D eigenvalue weighted by Gasteiger charge is -2.24. The van der Waals surface area contributed by atoms with Crippen LogP contribution in [0.5, 0.6) is 11.5 Å². The van der Waals surface area contributed by atoms with Gasteiger partial charge < -0.3 is 24.8 Å². The first-order valence-electron chi connectivity index (χ1n) is 9.66. The fourth-order valence-corrected chi connectivity index (χ4v) is 3.26. The van der Waals surface area contributed by atoms with Gasteiger partial charge in [-0.1, -0.05) is 6.07 Å². The lowest BCUT2D eigenvalue weighted by atomic mass is 10.1. The van der Waals surface area contributed by atoms with Crippen LogP contribution < -0.4 is 20.1 Å². The predicted molar refractivity (Wildman–Crippen MR) is 109 cm³/mol. The molecular weight excluding hydrogens is 413 g/mol. The van der Waals surface area contributed by atoms with E-state index in [0.717, 1.165) is 18.7 Å². The Kier molecular flexibility index (Phi) is 6.10. The molecule has 31 heavy (non-hydrogen) atoms. The summed E-state index contributed by atoms with van der Waals surface area (Å²) in [5, 5.41) is 6.76. The number of anilines is 2. The van der Waals surface area contributed by atoms with E-state index in [1.165, 1.54) is 25.6 Å². The Hall–Kier alpha value is -3.11. The molecule has 1 aliphatic rings. The van der Waals surface area contributed by atoms with Gasteiger partial charge in [0.05, 0.1) is 24.8 Å². The lowest BCUT2D eigenvalue weighted by molar-refractivity contribution is -0.137. The number of hydrogen-bond donors (Lipinski definition) is 2. The maximum absolute atomic E-state index is 13.0. The molecule has 1 aromatic heterocycles. The Morgan fingerprint density at radius 1 is 1.19 bits per heavy atom. The molecule has 0 aliphatic carbocycles. The Bertz CT molecular complexity index is 1060. The molecule has 1 fully saturated rings. The summed E-state index contributed by atoms with van der Waals surface area (Å²) in [4.78, 5) is 8.44. The van der Waals surface area contributed by atoms with Gasteiger partial charge in [0.15, 0.2) is 11.5 Å². The number of methoxy groups -OCH3 is 1. The number of ether oxygens (including phenoxy) is 3. The summed E-state index contributed by atoms with van der Waals surface area (Å²) in [7, 11) is 1.52. The molecule has 1 atom stereocenters. The summed E-state index contributed by atoms with van der Waals surface area (Å²) < 4.78 is 56.1. The van der Waals surface area contributed by atoms with Crippen molar-refractivity contribution in [1.29, 1.82) is 0 Å². The number of hydrogen-bond acceptors (Lipinski definition) is 7. The van der Waals surface area contributed by atoms with Crippen molar-refractivity contribution >= 4 is 22.4 Å². The van der Waals surface area contributed by atoms with Crippen molar-refractivity contribution in [3.05, 3.63) is 48.3 Å². The number of benzene rings is 2. The molecule has 3 aromatic rings. The zero-order valence-electron chi connectivity index (χ0n) is 16.7. The Balaban J connectivity index is 1.63. The molecule has 0 radical (unpaired) electrons. The van der Waals surface area contributed by atoms with Gasteiger partial charge in [-0.3, -0.25) is 0 Å². The third-order valence-corrected chi connectivity index (χ3v) is 4.80. The second-order valence-corrected chi connectivity index (χ2v) is 6.95. The molecule has 164 valence electrons. The Morgan fingerprint density at radius 2 is 2.06 bits per heavy atom. The zero-order chi connectivity index (χ0) is 21.8. The second-order valence-electron chi connectivity index (χ2n) is 6.95. The van der Waals surface area contributed by atoms with Gasteiger partial charge in [0.1, 0.15) is 24.9 Å². The fraction of sp³-hybridized carbons (Fsp3) is 0.333. The van der Waals surface area contributed by atoms with Crippen LogP contribution in [0.4, 0.5) is 24.7 Å². The molecule has 0 saturated carbocycles. The summed E-state index contributed by atoms with van der Waals surface area (Å²) in [6.45, 7) is 2.42. The van der Waals surface area contributed by atoms with Crippen LogP contribution in [0.15, 0.2) is 42.7 Å². The summed E-state index contributed by atoms with van der Waals surface area (Å²) >= 11 is 0. The van der Waals surface area contributed by atoms with Crippen LogP contribution in [0, 0.1) is 0 Å². The fourth-order valence-electron chi connectivity index (χ4n) is 3.26. The third kappa shape index (κ3) is 4.97. The van der Waals surface area contributed by atoms with Gasteiger partial charge in [0, 0.05) is 30.2 Å². The van der Waals surface area contributed by atoms with Crippen LogP contribution in [0.3, 0.4) is 0 Å². The highest BCUT2D eigenvalue weighted by molar-refractivity contribution is 5.93. The minimum absolute atomic E-state index is 0.0936. The molecule has 2 aromatic carbocycles. The normalized spacial score (nSPS) is 16.8. The van der Waals surface area contributed by atoms with E-state index in [-0.39, 0.29) is 11.8 Å². The molecule has 0 bridgehead atoms. The van der Waals surface area contributed by atoms with Crippen LogP contribution in [-0.2, 0) is 10.9 Å². The van der Waals surface area contributed by atoms with Crippen molar-refractivity contribution in [2.24, 2.45) is 0 Å². The maximum atomic E-state index is 13.0. The maximum Gasteiger partial charge on any atom is 0.416 e. The van der Waals surface area contributed by atoms with Crippen molar-refractivity contribution in [2.45, 2.75) is 12.3 Å². The van der Waals surface area contributed by atoms with E-state index < -0.39 is 11.7 Å². The van der Waals surface area contributed by atoms with Crippen molar-refractivity contribution in [3.63, 3.8) is 0 Å². The molecule has 1 saturated heterocycles. The molecule has 7 nitrogen and oxygen atoms in total. The predicted octanol–water partition coefficient (Wildman–Crippen LogP) is 3.77. The van der Waals surface area contributed by atoms with Crippen LogP contribution >= 0.6 is 0 Å². The van der Waals surface area contributed by atoms with E-state index in [1.807, 2.05) is 0 Å². The number of nitrogens with zero attached hydrogens (tertiary/aromatic N) is 2. The van der Waals surface area contributed by atoms with Crippen LogP contribution in [0.25, 0.3) is 10.9 Å². The van der Waals surface area contributed by atoms with Crippen molar-refractivity contribution in [1.82, 2.24) is 15.3 Å². The molecule has 0 amide bonds. The highest BCUT2D eigenvalue weighted by atomic mass is 19.4. The highest BCUT2D eigenvalue weighted by Gasteiger charge is 2.30. The number of rotatable bonds is 6. The summed E-state index contributed by atoms with van der Waals surface area (Å²) in [6.07, 6.45) is -3.20. The van der Waals surface area contributed by atoms with Gasteiger partial charge in [-0.2, -0.15) is 13.2 Å². The van der Waals surface area contributed by atoms with Gasteiger partial charge >= 0.3 is 6.18 Å². The standard InChI is InChI=1S/C21H21F3N4O3/c1-29-18-9-17-16(8-19(18)31-11-15-10-25-5-6-30-15)20(27-12-26-17)28-14-4-2-3-13(7-14)21(22,23)24/h2-4,7-9,12,15,25H,5-6,10-11H2,1H3,(H,26,27,28). The summed E-state index contributed by atoms with van der Waals surface area (Å²) in [6, 6.07) is 8.33. The van der Waals surface area contributed by atoms with Crippen molar-refractivity contribution in [2.75, 3.05) is 38.7 Å². The molecule has 2 heterocycles. The smallest absolute Gasteiger partial charge is 0.416 e. The number of fused-ring (bicyclic) bond motifs is 1. The first-order chi connectivity index (χ1) is 14.9. The van der Waals surface area contributed by atoms with E-state index >= 15 is 0 Å². The first kappa shape index (κ1) is 21.1. The number of halogens is 3. The number of nitrogens with one attached hydrogen (secondary N) is 2. The average Bonchev–Trinajstić information content (AvgIpc) is 2.77. The second kappa shape index (κ2) is 8.94. The van der Waals surface area contributed by atoms with E-state index in [9.17, 15) is 13.2 Å². The average molecular weight is 434 g/mol. The minimum Gasteiger partial charge on any atom is -0.493 e. The van der Waals surface area contributed by atoms with Crippen LogP contribution in [0.2, 0.25) is 0 Å². The summed E-state index contributed by atoms with van der Waals surface area (Å²) in [5.41, 5.74) is 0.0710. The topological polar surface area (TPSA) is 77.5 Å². The van der Waals surface area contributed by atoms with E-state index in [1.54, 1.807) is 12.1 Å². The van der Waals surface area contributed by atoms with Crippen molar-refractivity contribution < 1.29 is 27.4 Å². The van der Waals surface area contributed by atoms with Crippen LogP contribution in [-0.4, -0.2) is 49.5 Å².